The lowest BCUT2D eigenvalue weighted by Gasteiger charge is -2.34. The zero-order valence-corrected chi connectivity index (χ0v) is 16.7. The summed E-state index contributed by atoms with van der Waals surface area (Å²) in [6.45, 7) is 5.72. The maximum Gasteiger partial charge on any atom is 0.243 e. The quantitative estimate of drug-likeness (QED) is 0.796. The third kappa shape index (κ3) is 5.07. The van der Waals surface area contributed by atoms with Crippen LogP contribution >= 0.6 is 0 Å². The van der Waals surface area contributed by atoms with E-state index in [0.29, 0.717) is 32.0 Å². The molecular formula is C19H29N3O4S. The molecule has 2 saturated heterocycles. The zero-order valence-electron chi connectivity index (χ0n) is 15.9. The molecule has 0 aromatic heterocycles. The van der Waals surface area contributed by atoms with Crippen molar-refractivity contribution in [2.45, 2.75) is 43.5 Å². The van der Waals surface area contributed by atoms with E-state index in [-0.39, 0.29) is 16.8 Å². The van der Waals surface area contributed by atoms with Crippen molar-refractivity contribution in [1.29, 1.82) is 0 Å². The Balaban J connectivity index is 1.62. The number of piperidine rings is 1. The van der Waals surface area contributed by atoms with Gasteiger partial charge in [0.2, 0.25) is 15.9 Å². The van der Waals surface area contributed by atoms with E-state index in [9.17, 15) is 13.2 Å². The summed E-state index contributed by atoms with van der Waals surface area (Å²) in [5.74, 6) is -0.102. The fraction of sp³-hybridized carbons (Fsp3) is 0.632. The van der Waals surface area contributed by atoms with Gasteiger partial charge in [0.25, 0.3) is 0 Å². The number of carbonyl (C=O) groups excluding carboxylic acids is 1. The van der Waals surface area contributed by atoms with E-state index < -0.39 is 10.0 Å². The Bertz CT molecular complexity index is 730. The summed E-state index contributed by atoms with van der Waals surface area (Å²) in [6.07, 6.45) is 3.74. The van der Waals surface area contributed by atoms with Gasteiger partial charge in [0, 0.05) is 31.4 Å². The molecule has 2 fully saturated rings. The van der Waals surface area contributed by atoms with Crippen LogP contribution in [-0.4, -0.2) is 69.0 Å². The average molecular weight is 396 g/mol. The third-order valence-electron chi connectivity index (χ3n) is 5.26. The smallest absolute Gasteiger partial charge is 0.243 e. The number of hydrogen-bond acceptors (Lipinski definition) is 5. The SMILES string of the molecule is CCC1CCCCN1S(=O)(=O)c1ccc(NC(=O)CN2CCOCC2)cc1. The van der Waals surface area contributed by atoms with Gasteiger partial charge in [-0.05, 0) is 43.5 Å². The molecule has 27 heavy (non-hydrogen) atoms. The molecule has 7 nitrogen and oxygen atoms in total. The maximum absolute atomic E-state index is 13.0. The lowest BCUT2D eigenvalue weighted by atomic mass is 10.0. The summed E-state index contributed by atoms with van der Waals surface area (Å²) < 4.78 is 32.9. The lowest BCUT2D eigenvalue weighted by Crippen LogP contribution is -2.43. The number of nitrogens with zero attached hydrogens (tertiary/aromatic N) is 2. The van der Waals surface area contributed by atoms with Crippen LogP contribution in [0, 0.1) is 0 Å². The van der Waals surface area contributed by atoms with Crippen molar-refractivity contribution in [3.8, 4) is 0 Å². The molecule has 1 N–H and O–H groups in total. The summed E-state index contributed by atoms with van der Waals surface area (Å²) in [6, 6.07) is 6.57. The van der Waals surface area contributed by atoms with E-state index in [0.717, 1.165) is 38.8 Å². The van der Waals surface area contributed by atoms with Crippen LogP contribution in [0.2, 0.25) is 0 Å². The van der Waals surface area contributed by atoms with Gasteiger partial charge in [-0.1, -0.05) is 13.3 Å². The molecule has 2 aliphatic heterocycles. The van der Waals surface area contributed by atoms with Crippen molar-refractivity contribution in [2.75, 3.05) is 44.7 Å². The number of rotatable bonds is 6. The highest BCUT2D eigenvalue weighted by Gasteiger charge is 2.32. The first-order valence-corrected chi connectivity index (χ1v) is 11.2. The van der Waals surface area contributed by atoms with Crippen molar-refractivity contribution >= 4 is 21.6 Å². The van der Waals surface area contributed by atoms with E-state index in [1.165, 1.54) is 0 Å². The Morgan fingerprint density at radius 1 is 1.15 bits per heavy atom. The summed E-state index contributed by atoms with van der Waals surface area (Å²) in [5.41, 5.74) is 0.609. The Hall–Kier alpha value is -1.48. The number of morpholine rings is 1. The Labute approximate surface area is 161 Å². The second kappa shape index (κ2) is 9.14. The molecular weight excluding hydrogens is 366 g/mol. The van der Waals surface area contributed by atoms with Crippen LogP contribution in [0.3, 0.4) is 0 Å². The van der Waals surface area contributed by atoms with Crippen LogP contribution in [0.5, 0.6) is 0 Å². The van der Waals surface area contributed by atoms with Gasteiger partial charge in [-0.2, -0.15) is 4.31 Å². The van der Waals surface area contributed by atoms with Gasteiger partial charge in [-0.3, -0.25) is 9.69 Å². The molecule has 0 saturated carbocycles. The fourth-order valence-corrected chi connectivity index (χ4v) is 5.47. The molecule has 2 aliphatic rings. The molecule has 0 bridgehead atoms. The zero-order chi connectivity index (χ0) is 19.3. The second-order valence-corrected chi connectivity index (χ2v) is 9.03. The van der Waals surface area contributed by atoms with Crippen LogP contribution in [0.15, 0.2) is 29.2 Å². The van der Waals surface area contributed by atoms with E-state index in [1.54, 1.807) is 28.6 Å². The number of hydrogen-bond donors (Lipinski definition) is 1. The van der Waals surface area contributed by atoms with Crippen LogP contribution in [0.4, 0.5) is 5.69 Å². The van der Waals surface area contributed by atoms with Gasteiger partial charge in [0.05, 0.1) is 24.7 Å². The minimum atomic E-state index is -3.49. The highest BCUT2D eigenvalue weighted by atomic mass is 32.2. The van der Waals surface area contributed by atoms with E-state index in [4.69, 9.17) is 4.74 Å². The molecule has 1 aromatic rings. The number of sulfonamides is 1. The number of ether oxygens (including phenoxy) is 1. The molecule has 150 valence electrons. The molecule has 0 spiro atoms. The van der Waals surface area contributed by atoms with Crippen LogP contribution in [0.1, 0.15) is 32.6 Å². The Morgan fingerprint density at radius 3 is 2.52 bits per heavy atom. The van der Waals surface area contributed by atoms with Crippen molar-refractivity contribution in [3.05, 3.63) is 24.3 Å². The van der Waals surface area contributed by atoms with E-state index in [2.05, 4.69) is 5.32 Å². The number of benzene rings is 1. The summed E-state index contributed by atoms with van der Waals surface area (Å²) in [5, 5.41) is 2.84. The van der Waals surface area contributed by atoms with Crippen LogP contribution < -0.4 is 5.32 Å². The van der Waals surface area contributed by atoms with Gasteiger partial charge < -0.3 is 10.1 Å². The first kappa shape index (κ1) is 20.3. The number of anilines is 1. The van der Waals surface area contributed by atoms with Gasteiger partial charge in [-0.25, -0.2) is 8.42 Å². The maximum atomic E-state index is 13.0. The highest BCUT2D eigenvalue weighted by molar-refractivity contribution is 7.89. The minimum Gasteiger partial charge on any atom is -0.379 e. The normalized spacial score (nSPS) is 22.5. The topological polar surface area (TPSA) is 79.0 Å². The first-order valence-electron chi connectivity index (χ1n) is 9.72. The molecule has 0 radical (unpaired) electrons. The molecule has 8 heteroatoms. The fourth-order valence-electron chi connectivity index (χ4n) is 3.71. The Kier molecular flexibility index (Phi) is 6.86. The minimum absolute atomic E-state index is 0.0802. The van der Waals surface area contributed by atoms with Gasteiger partial charge in [0.15, 0.2) is 0 Å². The van der Waals surface area contributed by atoms with Crippen LogP contribution in [-0.2, 0) is 19.6 Å². The molecule has 1 unspecified atom stereocenters. The predicted octanol–water partition coefficient (Wildman–Crippen LogP) is 1.91. The average Bonchev–Trinajstić information content (AvgIpc) is 2.69. The summed E-state index contributed by atoms with van der Waals surface area (Å²) in [7, 11) is -3.49. The lowest BCUT2D eigenvalue weighted by molar-refractivity contribution is -0.118. The van der Waals surface area contributed by atoms with Crippen molar-refractivity contribution in [3.63, 3.8) is 0 Å². The summed E-state index contributed by atoms with van der Waals surface area (Å²) in [4.78, 5) is 14.5. The number of amides is 1. The van der Waals surface area contributed by atoms with Crippen molar-refractivity contribution < 1.29 is 17.9 Å². The molecule has 0 aliphatic carbocycles. The van der Waals surface area contributed by atoms with Gasteiger partial charge >= 0.3 is 0 Å². The largest absolute Gasteiger partial charge is 0.379 e. The van der Waals surface area contributed by atoms with Crippen molar-refractivity contribution in [1.82, 2.24) is 9.21 Å². The van der Waals surface area contributed by atoms with Gasteiger partial charge in [0.1, 0.15) is 0 Å². The molecule has 1 aromatic carbocycles. The van der Waals surface area contributed by atoms with Crippen LogP contribution in [0.25, 0.3) is 0 Å². The standard InChI is InChI=1S/C19H29N3O4S/c1-2-17-5-3-4-10-22(17)27(24,25)18-8-6-16(7-9-18)20-19(23)15-21-11-13-26-14-12-21/h6-9,17H,2-5,10-15H2,1H3,(H,20,23). The number of nitrogens with one attached hydrogen (secondary N) is 1. The highest BCUT2D eigenvalue weighted by Crippen LogP contribution is 2.27. The predicted molar refractivity (Wildman–Crippen MR) is 104 cm³/mol. The molecule has 1 amide bonds. The summed E-state index contributed by atoms with van der Waals surface area (Å²) >= 11 is 0. The third-order valence-corrected chi connectivity index (χ3v) is 7.23. The Morgan fingerprint density at radius 2 is 1.85 bits per heavy atom. The molecule has 1 atom stereocenters. The number of carbonyl (C=O) groups is 1. The first-order chi connectivity index (χ1) is 13.0. The van der Waals surface area contributed by atoms with Crippen molar-refractivity contribution in [2.24, 2.45) is 0 Å². The van der Waals surface area contributed by atoms with Gasteiger partial charge in [-0.15, -0.1) is 0 Å². The molecule has 2 heterocycles. The van der Waals surface area contributed by atoms with E-state index >= 15 is 0 Å². The monoisotopic (exact) mass is 395 g/mol. The van der Waals surface area contributed by atoms with E-state index in [1.807, 2.05) is 11.8 Å². The molecule has 3 rings (SSSR count). The second-order valence-electron chi connectivity index (χ2n) is 7.13.